The lowest BCUT2D eigenvalue weighted by atomic mass is 10.1. The Hall–Kier alpha value is -0.500. The summed E-state index contributed by atoms with van der Waals surface area (Å²) in [7, 11) is 0. The van der Waals surface area contributed by atoms with E-state index in [9.17, 15) is 0 Å². The van der Waals surface area contributed by atoms with Crippen LogP contribution in [0.2, 0.25) is 0 Å². The Kier molecular flexibility index (Phi) is 3.43. The Balaban J connectivity index is 2.18. The van der Waals surface area contributed by atoms with Crippen LogP contribution in [0, 0.1) is 0 Å². The summed E-state index contributed by atoms with van der Waals surface area (Å²) in [5.74, 6) is 0. The largest absolute Gasteiger partial charge is 0.389 e. The molecule has 0 bridgehead atoms. The number of hydrogen-bond donors (Lipinski definition) is 1. The molecule has 11 heavy (non-hydrogen) atoms. The van der Waals surface area contributed by atoms with Crippen molar-refractivity contribution in [2.75, 3.05) is 19.6 Å². The highest BCUT2D eigenvalue weighted by Crippen LogP contribution is 2.08. The van der Waals surface area contributed by atoms with E-state index in [1.54, 1.807) is 0 Å². The van der Waals surface area contributed by atoms with Crippen LogP contribution in [0.15, 0.2) is 12.8 Å². The van der Waals surface area contributed by atoms with Gasteiger partial charge in [0.15, 0.2) is 0 Å². The standard InChI is InChI=1S/C9H18N2/c1-3-10-9-5-7-11(4-2)8-6-9/h3,9-10H,1,4-8H2,2H3. The molecule has 0 aromatic carbocycles. The van der Waals surface area contributed by atoms with Gasteiger partial charge in [-0.2, -0.15) is 0 Å². The number of rotatable bonds is 3. The molecule has 0 aromatic heterocycles. The second-order valence-corrected chi connectivity index (χ2v) is 3.08. The van der Waals surface area contributed by atoms with Crippen molar-refractivity contribution in [2.24, 2.45) is 0 Å². The van der Waals surface area contributed by atoms with Crippen molar-refractivity contribution in [1.82, 2.24) is 10.2 Å². The highest BCUT2D eigenvalue weighted by atomic mass is 15.1. The van der Waals surface area contributed by atoms with E-state index in [1.165, 1.54) is 32.5 Å². The first-order valence-corrected chi connectivity index (χ1v) is 4.46. The van der Waals surface area contributed by atoms with Gasteiger partial charge in [-0.3, -0.25) is 0 Å². The maximum absolute atomic E-state index is 3.67. The molecular formula is C9H18N2. The zero-order chi connectivity index (χ0) is 8.10. The minimum absolute atomic E-state index is 0.676. The molecule has 0 spiro atoms. The average molecular weight is 154 g/mol. The van der Waals surface area contributed by atoms with Crippen molar-refractivity contribution in [3.8, 4) is 0 Å². The lowest BCUT2D eigenvalue weighted by molar-refractivity contribution is 0.213. The summed E-state index contributed by atoms with van der Waals surface area (Å²) in [6.45, 7) is 9.56. The minimum Gasteiger partial charge on any atom is -0.389 e. The summed E-state index contributed by atoms with van der Waals surface area (Å²) in [5, 5.41) is 3.27. The monoisotopic (exact) mass is 154 g/mol. The van der Waals surface area contributed by atoms with Crippen molar-refractivity contribution in [3.05, 3.63) is 12.8 Å². The highest BCUT2D eigenvalue weighted by Gasteiger charge is 2.15. The van der Waals surface area contributed by atoms with Gasteiger partial charge in [0.25, 0.3) is 0 Å². The molecule has 2 nitrogen and oxygen atoms in total. The van der Waals surface area contributed by atoms with Gasteiger partial charge in [-0.15, -0.1) is 0 Å². The van der Waals surface area contributed by atoms with Gasteiger partial charge in [0, 0.05) is 19.1 Å². The van der Waals surface area contributed by atoms with Gasteiger partial charge < -0.3 is 10.2 Å². The smallest absolute Gasteiger partial charge is 0.0279 e. The second kappa shape index (κ2) is 4.39. The fraction of sp³-hybridized carbons (Fsp3) is 0.778. The van der Waals surface area contributed by atoms with Crippen molar-refractivity contribution >= 4 is 0 Å². The van der Waals surface area contributed by atoms with Crippen LogP contribution in [0.4, 0.5) is 0 Å². The van der Waals surface area contributed by atoms with E-state index in [1.807, 2.05) is 6.20 Å². The molecule has 0 unspecified atom stereocenters. The first kappa shape index (κ1) is 8.60. The van der Waals surface area contributed by atoms with E-state index in [4.69, 9.17) is 0 Å². The van der Waals surface area contributed by atoms with Crippen LogP contribution < -0.4 is 5.32 Å². The van der Waals surface area contributed by atoms with E-state index in [-0.39, 0.29) is 0 Å². The zero-order valence-electron chi connectivity index (χ0n) is 7.34. The van der Waals surface area contributed by atoms with Gasteiger partial charge in [0.05, 0.1) is 0 Å². The van der Waals surface area contributed by atoms with Gasteiger partial charge in [0.1, 0.15) is 0 Å². The molecule has 1 aliphatic rings. The summed E-state index contributed by atoms with van der Waals surface area (Å²) >= 11 is 0. The van der Waals surface area contributed by atoms with Gasteiger partial charge >= 0.3 is 0 Å². The minimum atomic E-state index is 0.676. The lowest BCUT2D eigenvalue weighted by Crippen LogP contribution is -2.40. The van der Waals surface area contributed by atoms with Crippen LogP contribution in [0.25, 0.3) is 0 Å². The molecule has 0 atom stereocenters. The Morgan fingerprint density at radius 2 is 2.18 bits per heavy atom. The predicted octanol–water partition coefficient (Wildman–Crippen LogP) is 1.20. The van der Waals surface area contributed by atoms with Gasteiger partial charge in [-0.05, 0) is 25.6 Å². The van der Waals surface area contributed by atoms with Crippen molar-refractivity contribution in [1.29, 1.82) is 0 Å². The zero-order valence-corrected chi connectivity index (χ0v) is 7.34. The Morgan fingerprint density at radius 1 is 1.55 bits per heavy atom. The predicted molar refractivity (Wildman–Crippen MR) is 48.5 cm³/mol. The quantitative estimate of drug-likeness (QED) is 0.657. The Bertz CT molecular complexity index is 115. The third kappa shape index (κ3) is 2.54. The Morgan fingerprint density at radius 3 is 2.64 bits per heavy atom. The lowest BCUT2D eigenvalue weighted by Gasteiger charge is -2.30. The number of likely N-dealkylation sites (tertiary alicyclic amines) is 1. The topological polar surface area (TPSA) is 15.3 Å². The molecule has 1 rings (SSSR count). The van der Waals surface area contributed by atoms with E-state index >= 15 is 0 Å². The van der Waals surface area contributed by atoms with Crippen LogP contribution in [-0.4, -0.2) is 30.6 Å². The summed E-state index contributed by atoms with van der Waals surface area (Å²) in [6, 6.07) is 0.676. The summed E-state index contributed by atoms with van der Waals surface area (Å²) in [6.07, 6.45) is 4.34. The third-order valence-electron chi connectivity index (χ3n) is 2.39. The normalized spacial score (nSPS) is 21.5. The third-order valence-corrected chi connectivity index (χ3v) is 2.39. The number of piperidine rings is 1. The molecule has 1 saturated heterocycles. The van der Waals surface area contributed by atoms with Crippen LogP contribution in [0.1, 0.15) is 19.8 Å². The fourth-order valence-electron chi connectivity index (χ4n) is 1.58. The first-order valence-electron chi connectivity index (χ1n) is 4.46. The molecule has 0 amide bonds. The van der Waals surface area contributed by atoms with Crippen LogP contribution in [-0.2, 0) is 0 Å². The Labute approximate surface area is 69.3 Å². The van der Waals surface area contributed by atoms with Crippen LogP contribution >= 0.6 is 0 Å². The second-order valence-electron chi connectivity index (χ2n) is 3.08. The van der Waals surface area contributed by atoms with Crippen LogP contribution in [0.3, 0.4) is 0 Å². The fourth-order valence-corrected chi connectivity index (χ4v) is 1.58. The van der Waals surface area contributed by atoms with E-state index in [0.717, 1.165) is 0 Å². The van der Waals surface area contributed by atoms with Crippen LogP contribution in [0.5, 0.6) is 0 Å². The van der Waals surface area contributed by atoms with Gasteiger partial charge in [-0.25, -0.2) is 0 Å². The maximum Gasteiger partial charge on any atom is 0.0279 e. The summed E-state index contributed by atoms with van der Waals surface area (Å²) in [5.41, 5.74) is 0. The van der Waals surface area contributed by atoms with Crippen molar-refractivity contribution in [3.63, 3.8) is 0 Å². The molecule has 1 aliphatic heterocycles. The molecule has 0 saturated carbocycles. The average Bonchev–Trinajstić information content (AvgIpc) is 2.07. The molecule has 0 aliphatic carbocycles. The molecule has 64 valence electrons. The molecule has 0 radical (unpaired) electrons. The first-order chi connectivity index (χ1) is 5.36. The van der Waals surface area contributed by atoms with E-state index in [2.05, 4.69) is 23.7 Å². The van der Waals surface area contributed by atoms with Gasteiger partial charge in [-0.1, -0.05) is 13.5 Å². The number of nitrogens with one attached hydrogen (secondary N) is 1. The van der Waals surface area contributed by atoms with E-state index in [0.29, 0.717) is 6.04 Å². The molecule has 0 aromatic rings. The van der Waals surface area contributed by atoms with E-state index < -0.39 is 0 Å². The number of nitrogens with zero attached hydrogens (tertiary/aromatic N) is 1. The summed E-state index contributed by atoms with van der Waals surface area (Å²) in [4.78, 5) is 2.49. The molecule has 1 fully saturated rings. The molecule has 1 N–H and O–H groups in total. The summed E-state index contributed by atoms with van der Waals surface area (Å²) < 4.78 is 0. The van der Waals surface area contributed by atoms with Crippen molar-refractivity contribution in [2.45, 2.75) is 25.8 Å². The molecule has 2 heteroatoms. The SMILES string of the molecule is C=CNC1CCN(CC)CC1. The molecule has 1 heterocycles. The number of hydrogen-bond acceptors (Lipinski definition) is 2. The molecular weight excluding hydrogens is 136 g/mol. The van der Waals surface area contributed by atoms with Crippen molar-refractivity contribution < 1.29 is 0 Å². The van der Waals surface area contributed by atoms with Gasteiger partial charge in [0.2, 0.25) is 0 Å². The highest BCUT2D eigenvalue weighted by molar-refractivity contribution is 4.80. The maximum atomic E-state index is 3.67.